The average molecular weight is 154 g/mol. The standard InChI is InChI=1S/C8H12NO2/c1-9(2,3)8(10)7-4-5-11-6-7/h4-6H,1-3H3/q+1. The highest BCUT2D eigenvalue weighted by Crippen LogP contribution is 2.06. The van der Waals surface area contributed by atoms with E-state index in [1.165, 1.54) is 12.5 Å². The molecule has 3 nitrogen and oxygen atoms in total. The third kappa shape index (κ3) is 1.68. The molecule has 11 heavy (non-hydrogen) atoms. The van der Waals surface area contributed by atoms with Crippen molar-refractivity contribution in [2.75, 3.05) is 21.1 Å². The molecule has 0 radical (unpaired) electrons. The summed E-state index contributed by atoms with van der Waals surface area (Å²) in [7, 11) is 5.49. The molecule has 0 atom stereocenters. The normalized spacial score (nSPS) is 11.5. The third-order valence-electron chi connectivity index (χ3n) is 1.38. The maximum Gasteiger partial charge on any atom is 0.348 e. The molecule has 1 aromatic rings. The van der Waals surface area contributed by atoms with Crippen LogP contribution in [0.2, 0.25) is 0 Å². The Hall–Kier alpha value is -1.09. The van der Waals surface area contributed by atoms with Gasteiger partial charge in [-0.15, -0.1) is 0 Å². The van der Waals surface area contributed by atoms with Crippen molar-refractivity contribution in [2.24, 2.45) is 0 Å². The molecule has 0 N–H and O–H groups in total. The monoisotopic (exact) mass is 154 g/mol. The van der Waals surface area contributed by atoms with E-state index in [0.29, 0.717) is 10.0 Å². The van der Waals surface area contributed by atoms with Gasteiger partial charge in [-0.3, -0.25) is 4.48 Å². The predicted octanol–water partition coefficient (Wildman–Crippen LogP) is 1.13. The lowest BCUT2D eigenvalue weighted by molar-refractivity contribution is -0.785. The second-order valence-electron chi connectivity index (χ2n) is 3.33. The number of carbonyl (C=O) groups is 1. The molecule has 0 spiro atoms. The van der Waals surface area contributed by atoms with E-state index in [-0.39, 0.29) is 5.91 Å². The van der Waals surface area contributed by atoms with Gasteiger partial charge in [-0.2, -0.15) is 0 Å². The summed E-state index contributed by atoms with van der Waals surface area (Å²) in [5.74, 6) is 0.0544. The van der Waals surface area contributed by atoms with E-state index < -0.39 is 0 Å². The van der Waals surface area contributed by atoms with Crippen LogP contribution in [-0.4, -0.2) is 31.5 Å². The molecule has 0 aliphatic heterocycles. The Kier molecular flexibility index (Phi) is 1.83. The van der Waals surface area contributed by atoms with Gasteiger partial charge in [0.05, 0.1) is 27.4 Å². The Labute approximate surface area is 65.8 Å². The van der Waals surface area contributed by atoms with E-state index in [9.17, 15) is 4.79 Å². The number of amides is 1. The average Bonchev–Trinajstić information content (AvgIpc) is 2.34. The first-order valence-corrected chi connectivity index (χ1v) is 3.40. The number of furan rings is 1. The Morgan fingerprint density at radius 3 is 2.45 bits per heavy atom. The highest BCUT2D eigenvalue weighted by molar-refractivity contribution is 5.88. The van der Waals surface area contributed by atoms with Crippen molar-refractivity contribution in [1.29, 1.82) is 0 Å². The second-order valence-corrected chi connectivity index (χ2v) is 3.33. The minimum Gasteiger partial charge on any atom is -0.472 e. The summed E-state index contributed by atoms with van der Waals surface area (Å²) in [6.45, 7) is 0. The lowest BCUT2D eigenvalue weighted by Gasteiger charge is -2.19. The number of carbonyl (C=O) groups excluding carboxylic acids is 1. The number of hydrogen-bond donors (Lipinski definition) is 0. The maximum atomic E-state index is 11.4. The van der Waals surface area contributed by atoms with Crippen LogP contribution in [0.3, 0.4) is 0 Å². The van der Waals surface area contributed by atoms with Gasteiger partial charge in [0.15, 0.2) is 0 Å². The number of nitrogens with zero attached hydrogens (tertiary/aromatic N) is 1. The highest BCUT2D eigenvalue weighted by Gasteiger charge is 2.23. The molecule has 0 saturated heterocycles. The van der Waals surface area contributed by atoms with E-state index in [2.05, 4.69) is 0 Å². The molecular weight excluding hydrogens is 142 g/mol. The molecule has 1 amide bonds. The van der Waals surface area contributed by atoms with Gasteiger partial charge >= 0.3 is 5.91 Å². The lowest BCUT2D eigenvalue weighted by atomic mass is 10.3. The van der Waals surface area contributed by atoms with E-state index in [0.717, 1.165) is 0 Å². The molecule has 1 rings (SSSR count). The molecule has 0 aliphatic carbocycles. The van der Waals surface area contributed by atoms with Crippen LogP contribution in [0.25, 0.3) is 0 Å². The van der Waals surface area contributed by atoms with Crippen molar-refractivity contribution in [3.63, 3.8) is 0 Å². The van der Waals surface area contributed by atoms with E-state index in [4.69, 9.17) is 4.42 Å². The largest absolute Gasteiger partial charge is 0.472 e. The summed E-state index contributed by atoms with van der Waals surface area (Å²) in [5, 5.41) is 0. The first-order valence-electron chi connectivity index (χ1n) is 3.40. The quantitative estimate of drug-likeness (QED) is 0.567. The molecule has 0 bridgehead atoms. The fourth-order valence-corrected chi connectivity index (χ4v) is 0.773. The molecule has 1 heterocycles. The molecule has 0 aromatic carbocycles. The number of rotatable bonds is 1. The van der Waals surface area contributed by atoms with Crippen molar-refractivity contribution in [3.05, 3.63) is 24.2 Å². The topological polar surface area (TPSA) is 30.2 Å². The Bertz CT molecular complexity index is 244. The maximum absolute atomic E-state index is 11.4. The SMILES string of the molecule is C[N+](C)(C)C(=O)c1ccoc1. The van der Waals surface area contributed by atoms with Crippen LogP contribution in [0, 0.1) is 0 Å². The Balaban J connectivity index is 2.88. The predicted molar refractivity (Wildman–Crippen MR) is 41.1 cm³/mol. The first-order chi connectivity index (χ1) is 5.02. The zero-order valence-corrected chi connectivity index (χ0v) is 7.00. The van der Waals surface area contributed by atoms with Crippen LogP contribution in [0.15, 0.2) is 23.0 Å². The summed E-state index contributed by atoms with van der Waals surface area (Å²) in [4.78, 5) is 11.4. The highest BCUT2D eigenvalue weighted by atomic mass is 16.3. The Morgan fingerprint density at radius 1 is 1.45 bits per heavy atom. The molecule has 0 saturated carbocycles. The number of hydrogen-bond acceptors (Lipinski definition) is 2. The zero-order valence-electron chi connectivity index (χ0n) is 7.00. The van der Waals surface area contributed by atoms with Gasteiger partial charge in [-0.05, 0) is 6.07 Å². The fraction of sp³-hybridized carbons (Fsp3) is 0.375. The van der Waals surface area contributed by atoms with E-state index in [1.54, 1.807) is 6.07 Å². The Morgan fingerprint density at radius 2 is 2.09 bits per heavy atom. The van der Waals surface area contributed by atoms with Crippen molar-refractivity contribution in [1.82, 2.24) is 0 Å². The summed E-state index contributed by atoms with van der Waals surface area (Å²) in [5.41, 5.74) is 0.623. The second kappa shape index (κ2) is 2.51. The molecular formula is C8H12NO2+. The van der Waals surface area contributed by atoms with Crippen LogP contribution in [-0.2, 0) is 0 Å². The number of quaternary nitrogens is 1. The van der Waals surface area contributed by atoms with Crippen LogP contribution >= 0.6 is 0 Å². The summed E-state index contributed by atoms with van der Waals surface area (Å²) >= 11 is 0. The van der Waals surface area contributed by atoms with Crippen molar-refractivity contribution < 1.29 is 13.7 Å². The minimum absolute atomic E-state index is 0.0544. The van der Waals surface area contributed by atoms with Crippen LogP contribution in [0.1, 0.15) is 10.4 Å². The smallest absolute Gasteiger partial charge is 0.348 e. The zero-order chi connectivity index (χ0) is 8.48. The molecule has 0 fully saturated rings. The minimum atomic E-state index is 0.0544. The van der Waals surface area contributed by atoms with Gasteiger partial charge in [0, 0.05) is 0 Å². The lowest BCUT2D eigenvalue weighted by Crippen LogP contribution is -2.40. The van der Waals surface area contributed by atoms with E-state index in [1.807, 2.05) is 21.1 Å². The summed E-state index contributed by atoms with van der Waals surface area (Å²) < 4.78 is 5.09. The fourth-order valence-electron chi connectivity index (χ4n) is 0.773. The van der Waals surface area contributed by atoms with Gasteiger partial charge in [0.2, 0.25) is 0 Å². The van der Waals surface area contributed by atoms with Crippen molar-refractivity contribution in [2.45, 2.75) is 0 Å². The van der Waals surface area contributed by atoms with Gasteiger partial charge in [0.25, 0.3) is 0 Å². The third-order valence-corrected chi connectivity index (χ3v) is 1.38. The van der Waals surface area contributed by atoms with Crippen LogP contribution in [0.4, 0.5) is 0 Å². The molecule has 3 heteroatoms. The molecule has 0 unspecified atom stereocenters. The molecule has 0 aliphatic rings. The van der Waals surface area contributed by atoms with E-state index >= 15 is 0 Å². The summed E-state index contributed by atoms with van der Waals surface area (Å²) in [6, 6.07) is 1.67. The van der Waals surface area contributed by atoms with Gasteiger partial charge in [-0.1, -0.05) is 0 Å². The first kappa shape index (κ1) is 8.01. The van der Waals surface area contributed by atoms with Crippen molar-refractivity contribution >= 4 is 5.91 Å². The van der Waals surface area contributed by atoms with Gasteiger partial charge in [0.1, 0.15) is 11.8 Å². The van der Waals surface area contributed by atoms with Crippen LogP contribution < -0.4 is 0 Å². The van der Waals surface area contributed by atoms with Gasteiger partial charge in [-0.25, -0.2) is 4.79 Å². The summed E-state index contributed by atoms with van der Waals surface area (Å²) in [6.07, 6.45) is 2.97. The molecule has 60 valence electrons. The van der Waals surface area contributed by atoms with Crippen LogP contribution in [0.5, 0.6) is 0 Å². The molecule has 1 aromatic heterocycles. The van der Waals surface area contributed by atoms with Crippen molar-refractivity contribution in [3.8, 4) is 0 Å². The van der Waals surface area contributed by atoms with Gasteiger partial charge < -0.3 is 4.42 Å².